The van der Waals surface area contributed by atoms with Gasteiger partial charge in [0.2, 0.25) is 5.91 Å². The Balaban J connectivity index is 2.04. The summed E-state index contributed by atoms with van der Waals surface area (Å²) in [7, 11) is -2.92. The number of carboxylic acids is 1. The molecule has 1 amide bonds. The predicted molar refractivity (Wildman–Crippen MR) is 70.5 cm³/mol. The number of hydrogen-bond donors (Lipinski definition) is 2. The van der Waals surface area contributed by atoms with E-state index in [1.165, 1.54) is 0 Å². The average Bonchev–Trinajstić information content (AvgIpc) is 2.62. The van der Waals surface area contributed by atoms with Crippen molar-refractivity contribution >= 4 is 21.7 Å². The molecule has 7 heteroatoms. The van der Waals surface area contributed by atoms with Crippen LogP contribution < -0.4 is 5.32 Å². The van der Waals surface area contributed by atoms with Crippen LogP contribution in [-0.4, -0.2) is 43.5 Å². The number of carboxylic acid groups (broad SMARTS) is 1. The zero-order valence-electron chi connectivity index (χ0n) is 10.9. The molecular formula is C12H21NO5S. The maximum Gasteiger partial charge on any atom is 0.303 e. The summed E-state index contributed by atoms with van der Waals surface area (Å²) in [6.07, 6.45) is 3.15. The summed E-state index contributed by atoms with van der Waals surface area (Å²) >= 11 is 0. The van der Waals surface area contributed by atoms with Crippen molar-refractivity contribution in [1.82, 2.24) is 5.32 Å². The van der Waals surface area contributed by atoms with E-state index in [-0.39, 0.29) is 36.2 Å². The van der Waals surface area contributed by atoms with Crippen molar-refractivity contribution in [3.05, 3.63) is 0 Å². The highest BCUT2D eigenvalue weighted by atomic mass is 32.2. The number of hydrogen-bond acceptors (Lipinski definition) is 4. The van der Waals surface area contributed by atoms with Crippen LogP contribution in [0.2, 0.25) is 0 Å². The highest BCUT2D eigenvalue weighted by Crippen LogP contribution is 2.21. The lowest BCUT2D eigenvalue weighted by atomic mass is 10.1. The number of aliphatic carboxylic acids is 1. The van der Waals surface area contributed by atoms with Crippen molar-refractivity contribution in [3.63, 3.8) is 0 Å². The molecular weight excluding hydrogens is 270 g/mol. The number of carbonyl (C=O) groups is 2. The Hall–Kier alpha value is -1.11. The highest BCUT2D eigenvalue weighted by Gasteiger charge is 2.29. The molecule has 0 spiro atoms. The lowest BCUT2D eigenvalue weighted by Gasteiger charge is -2.08. The molecule has 1 aliphatic rings. The van der Waals surface area contributed by atoms with Gasteiger partial charge in [0.1, 0.15) is 0 Å². The molecule has 0 aromatic heterocycles. The van der Waals surface area contributed by atoms with Crippen LogP contribution in [0.15, 0.2) is 0 Å². The molecule has 1 atom stereocenters. The van der Waals surface area contributed by atoms with Crippen LogP contribution in [0, 0.1) is 5.92 Å². The lowest BCUT2D eigenvalue weighted by molar-refractivity contribution is -0.137. The van der Waals surface area contributed by atoms with Crippen LogP contribution in [-0.2, 0) is 19.4 Å². The van der Waals surface area contributed by atoms with E-state index in [4.69, 9.17) is 5.11 Å². The number of sulfone groups is 1. The van der Waals surface area contributed by atoms with Gasteiger partial charge in [-0.15, -0.1) is 0 Å². The van der Waals surface area contributed by atoms with E-state index in [1.54, 1.807) is 0 Å². The van der Waals surface area contributed by atoms with E-state index in [1.807, 2.05) is 0 Å². The predicted octanol–water partition coefficient (Wildman–Crippen LogP) is 0.572. The zero-order valence-corrected chi connectivity index (χ0v) is 11.7. The SMILES string of the molecule is O=C(O)CCCCCNC(=O)CC1CCS(=O)(=O)C1. The van der Waals surface area contributed by atoms with Crippen molar-refractivity contribution < 1.29 is 23.1 Å². The number of rotatable bonds is 8. The summed E-state index contributed by atoms with van der Waals surface area (Å²) in [5.41, 5.74) is 0. The minimum absolute atomic E-state index is 0.0444. The van der Waals surface area contributed by atoms with Gasteiger partial charge in [0.15, 0.2) is 9.84 Å². The van der Waals surface area contributed by atoms with Crippen LogP contribution >= 0.6 is 0 Å². The van der Waals surface area contributed by atoms with E-state index in [9.17, 15) is 18.0 Å². The Morgan fingerprint density at radius 2 is 1.95 bits per heavy atom. The molecule has 0 bridgehead atoms. The fraction of sp³-hybridized carbons (Fsp3) is 0.833. The third kappa shape index (κ3) is 7.15. The van der Waals surface area contributed by atoms with Gasteiger partial charge in [-0.1, -0.05) is 6.42 Å². The second-order valence-electron chi connectivity index (χ2n) is 5.03. The molecule has 19 heavy (non-hydrogen) atoms. The molecule has 0 aliphatic carbocycles. The molecule has 0 radical (unpaired) electrons. The molecule has 1 rings (SSSR count). The Labute approximate surface area is 113 Å². The largest absolute Gasteiger partial charge is 0.481 e. The first-order valence-corrected chi connectivity index (χ1v) is 8.40. The van der Waals surface area contributed by atoms with Crippen molar-refractivity contribution in [1.29, 1.82) is 0 Å². The standard InChI is InChI=1S/C12H21NO5S/c14-11(8-10-5-7-19(17,18)9-10)13-6-3-1-2-4-12(15)16/h10H,1-9H2,(H,13,14)(H,15,16). The Bertz CT molecular complexity index is 418. The van der Waals surface area contributed by atoms with Gasteiger partial charge in [-0.3, -0.25) is 9.59 Å². The monoisotopic (exact) mass is 291 g/mol. The number of nitrogens with one attached hydrogen (secondary N) is 1. The van der Waals surface area contributed by atoms with Crippen molar-refractivity contribution in [2.45, 2.75) is 38.5 Å². The quantitative estimate of drug-likeness (QED) is 0.637. The average molecular weight is 291 g/mol. The van der Waals surface area contributed by atoms with Crippen LogP contribution in [0.5, 0.6) is 0 Å². The maximum atomic E-state index is 11.6. The zero-order chi connectivity index (χ0) is 14.3. The van der Waals surface area contributed by atoms with E-state index in [0.29, 0.717) is 19.4 Å². The Kier molecular flexibility index (Phi) is 6.27. The third-order valence-corrected chi connectivity index (χ3v) is 5.03. The topological polar surface area (TPSA) is 101 Å². The molecule has 0 aromatic rings. The van der Waals surface area contributed by atoms with Crippen molar-refractivity contribution in [2.24, 2.45) is 5.92 Å². The summed E-state index contributed by atoms with van der Waals surface area (Å²) in [6.45, 7) is 0.526. The van der Waals surface area contributed by atoms with Gasteiger partial charge < -0.3 is 10.4 Å². The van der Waals surface area contributed by atoms with Crippen LogP contribution in [0.3, 0.4) is 0 Å². The van der Waals surface area contributed by atoms with Gasteiger partial charge >= 0.3 is 5.97 Å². The molecule has 110 valence electrons. The molecule has 6 nitrogen and oxygen atoms in total. The number of carbonyl (C=O) groups excluding carboxylic acids is 1. The van der Waals surface area contributed by atoms with Crippen LogP contribution in [0.25, 0.3) is 0 Å². The Morgan fingerprint density at radius 1 is 1.21 bits per heavy atom. The highest BCUT2D eigenvalue weighted by molar-refractivity contribution is 7.91. The van der Waals surface area contributed by atoms with Gasteiger partial charge in [0, 0.05) is 19.4 Å². The molecule has 0 aromatic carbocycles. The van der Waals surface area contributed by atoms with Crippen LogP contribution in [0.4, 0.5) is 0 Å². The first-order valence-electron chi connectivity index (χ1n) is 6.58. The summed E-state index contributed by atoms with van der Waals surface area (Å²) in [5.74, 6) is -0.636. The normalized spacial score (nSPS) is 21.2. The molecule has 1 unspecified atom stereocenters. The van der Waals surface area contributed by atoms with Gasteiger partial charge in [-0.05, 0) is 25.2 Å². The number of amides is 1. The third-order valence-electron chi connectivity index (χ3n) is 3.19. The number of unbranched alkanes of at least 4 members (excludes halogenated alkanes) is 2. The van der Waals surface area contributed by atoms with Gasteiger partial charge in [0.25, 0.3) is 0 Å². The maximum absolute atomic E-state index is 11.6. The minimum atomic E-state index is -2.92. The van der Waals surface area contributed by atoms with E-state index < -0.39 is 15.8 Å². The molecule has 1 saturated heterocycles. The fourth-order valence-corrected chi connectivity index (χ4v) is 4.04. The van der Waals surface area contributed by atoms with Gasteiger partial charge in [-0.2, -0.15) is 0 Å². The summed E-state index contributed by atoms with van der Waals surface area (Å²) < 4.78 is 22.5. The molecule has 1 aliphatic heterocycles. The van der Waals surface area contributed by atoms with Crippen molar-refractivity contribution in [3.8, 4) is 0 Å². The van der Waals surface area contributed by atoms with Crippen molar-refractivity contribution in [2.75, 3.05) is 18.1 Å². The summed E-state index contributed by atoms with van der Waals surface area (Å²) in [4.78, 5) is 21.8. The summed E-state index contributed by atoms with van der Waals surface area (Å²) in [5, 5.41) is 11.2. The van der Waals surface area contributed by atoms with Gasteiger partial charge in [0.05, 0.1) is 11.5 Å². The minimum Gasteiger partial charge on any atom is -0.481 e. The smallest absolute Gasteiger partial charge is 0.303 e. The Morgan fingerprint density at radius 3 is 2.53 bits per heavy atom. The second kappa shape index (κ2) is 7.47. The first-order chi connectivity index (χ1) is 8.89. The van der Waals surface area contributed by atoms with E-state index in [2.05, 4.69) is 5.32 Å². The first kappa shape index (κ1) is 15.9. The molecule has 1 fully saturated rings. The molecule has 0 saturated carbocycles. The molecule has 2 N–H and O–H groups in total. The van der Waals surface area contributed by atoms with E-state index in [0.717, 1.165) is 12.8 Å². The van der Waals surface area contributed by atoms with Gasteiger partial charge in [-0.25, -0.2) is 8.42 Å². The van der Waals surface area contributed by atoms with Crippen LogP contribution in [0.1, 0.15) is 38.5 Å². The second-order valence-corrected chi connectivity index (χ2v) is 7.26. The van der Waals surface area contributed by atoms with E-state index >= 15 is 0 Å². The molecule has 1 heterocycles. The lowest BCUT2D eigenvalue weighted by Crippen LogP contribution is -2.26. The summed E-state index contributed by atoms with van der Waals surface area (Å²) in [6, 6.07) is 0. The fourth-order valence-electron chi connectivity index (χ4n) is 2.17.